The summed E-state index contributed by atoms with van der Waals surface area (Å²) in [5.74, 6) is 1.10. The predicted octanol–water partition coefficient (Wildman–Crippen LogP) is 3.24. The Morgan fingerprint density at radius 1 is 1.13 bits per heavy atom. The normalized spacial score (nSPS) is 10.4. The van der Waals surface area contributed by atoms with E-state index in [1.807, 2.05) is 0 Å². The van der Waals surface area contributed by atoms with Crippen molar-refractivity contribution in [2.24, 2.45) is 0 Å². The Bertz CT molecular complexity index is 653. The van der Waals surface area contributed by atoms with Crippen LogP contribution in [0.15, 0.2) is 30.3 Å². The summed E-state index contributed by atoms with van der Waals surface area (Å²) in [5.41, 5.74) is 2.80. The maximum atomic E-state index is 12.1. The molecule has 5 nitrogen and oxygen atoms in total. The molecular formula is C18H24N4O. The quantitative estimate of drug-likeness (QED) is 0.770. The van der Waals surface area contributed by atoms with Crippen LogP contribution < -0.4 is 10.6 Å². The molecule has 5 heteroatoms. The molecule has 0 bridgehead atoms. The number of hydrogen-bond acceptors (Lipinski definition) is 4. The second-order valence-corrected chi connectivity index (χ2v) is 5.63. The fourth-order valence-electron chi connectivity index (χ4n) is 2.14. The average Bonchev–Trinajstić information content (AvgIpc) is 2.54. The van der Waals surface area contributed by atoms with Gasteiger partial charge in [-0.05, 0) is 25.8 Å². The zero-order valence-corrected chi connectivity index (χ0v) is 14.0. The maximum absolute atomic E-state index is 12.1. The van der Waals surface area contributed by atoms with E-state index in [9.17, 15) is 4.79 Å². The lowest BCUT2D eigenvalue weighted by atomic mass is 10.1. The van der Waals surface area contributed by atoms with Gasteiger partial charge in [0.05, 0.1) is 0 Å². The minimum atomic E-state index is -0.151. The predicted molar refractivity (Wildman–Crippen MR) is 92.5 cm³/mol. The van der Waals surface area contributed by atoms with Gasteiger partial charge in [0.2, 0.25) is 0 Å². The monoisotopic (exact) mass is 312 g/mol. The highest BCUT2D eigenvalue weighted by Crippen LogP contribution is 2.10. The minimum absolute atomic E-state index is 0.151. The van der Waals surface area contributed by atoms with Gasteiger partial charge in [-0.25, -0.2) is 9.97 Å². The average molecular weight is 312 g/mol. The van der Waals surface area contributed by atoms with Crippen LogP contribution in [-0.2, 0) is 6.54 Å². The van der Waals surface area contributed by atoms with E-state index in [4.69, 9.17) is 0 Å². The SMILES string of the molecule is CCCCNC(=O)c1cc(NCc2ccc(C)cc2)nc(C)n1. The van der Waals surface area contributed by atoms with E-state index in [1.165, 1.54) is 11.1 Å². The van der Waals surface area contributed by atoms with Crippen molar-refractivity contribution in [3.8, 4) is 0 Å². The van der Waals surface area contributed by atoms with Gasteiger partial charge in [0.25, 0.3) is 5.91 Å². The second kappa shape index (κ2) is 8.27. The molecule has 0 radical (unpaired) electrons. The molecule has 1 heterocycles. The number of carbonyl (C=O) groups is 1. The summed E-state index contributed by atoms with van der Waals surface area (Å²) in [6.07, 6.45) is 2.01. The van der Waals surface area contributed by atoms with E-state index >= 15 is 0 Å². The van der Waals surface area contributed by atoms with Crippen LogP contribution in [0.3, 0.4) is 0 Å². The number of aromatic nitrogens is 2. The Balaban J connectivity index is 2.01. The Labute approximate surface area is 137 Å². The number of rotatable bonds is 7. The van der Waals surface area contributed by atoms with Crippen molar-refractivity contribution in [2.45, 2.75) is 40.2 Å². The molecular weight excluding hydrogens is 288 g/mol. The number of unbranched alkanes of at least 4 members (excludes halogenated alkanes) is 1. The van der Waals surface area contributed by atoms with Crippen LogP contribution >= 0.6 is 0 Å². The van der Waals surface area contributed by atoms with Gasteiger partial charge < -0.3 is 10.6 Å². The highest BCUT2D eigenvalue weighted by molar-refractivity contribution is 5.92. The summed E-state index contributed by atoms with van der Waals surface area (Å²) in [7, 11) is 0. The van der Waals surface area contributed by atoms with Gasteiger partial charge in [0.1, 0.15) is 17.3 Å². The Morgan fingerprint density at radius 2 is 1.87 bits per heavy atom. The zero-order chi connectivity index (χ0) is 16.7. The summed E-state index contributed by atoms with van der Waals surface area (Å²) in [5, 5.41) is 6.13. The summed E-state index contributed by atoms with van der Waals surface area (Å²) in [6, 6.07) is 10.0. The van der Waals surface area contributed by atoms with Gasteiger partial charge in [0, 0.05) is 19.2 Å². The number of amides is 1. The summed E-state index contributed by atoms with van der Waals surface area (Å²) in [6.45, 7) is 7.28. The third kappa shape index (κ3) is 5.36. The van der Waals surface area contributed by atoms with Crippen LogP contribution in [0, 0.1) is 13.8 Å². The molecule has 0 atom stereocenters. The molecule has 1 amide bonds. The van der Waals surface area contributed by atoms with Crippen molar-refractivity contribution < 1.29 is 4.79 Å². The lowest BCUT2D eigenvalue weighted by Gasteiger charge is -2.09. The molecule has 0 unspecified atom stereocenters. The molecule has 1 aromatic heterocycles. The number of aryl methyl sites for hydroxylation is 2. The fourth-order valence-corrected chi connectivity index (χ4v) is 2.14. The van der Waals surface area contributed by atoms with Crippen molar-refractivity contribution in [3.63, 3.8) is 0 Å². The lowest BCUT2D eigenvalue weighted by molar-refractivity contribution is 0.0948. The first kappa shape index (κ1) is 16.9. The number of nitrogens with one attached hydrogen (secondary N) is 2. The van der Waals surface area contributed by atoms with Crippen LogP contribution in [0.2, 0.25) is 0 Å². The molecule has 2 N–H and O–H groups in total. The van der Waals surface area contributed by atoms with E-state index in [0.717, 1.165) is 12.8 Å². The molecule has 0 spiro atoms. The largest absolute Gasteiger partial charge is 0.366 e. The van der Waals surface area contributed by atoms with Crippen molar-refractivity contribution >= 4 is 11.7 Å². The molecule has 122 valence electrons. The number of benzene rings is 1. The first-order valence-corrected chi connectivity index (χ1v) is 8.02. The Kier molecular flexibility index (Phi) is 6.09. The number of nitrogens with zero attached hydrogens (tertiary/aromatic N) is 2. The van der Waals surface area contributed by atoms with Crippen LogP contribution in [0.1, 0.15) is 47.2 Å². The molecule has 0 aliphatic rings. The standard InChI is InChI=1S/C18H24N4O/c1-4-5-10-19-18(23)16-11-17(22-14(3)21-16)20-12-15-8-6-13(2)7-9-15/h6-9,11H,4-5,10,12H2,1-3H3,(H,19,23)(H,20,21,22). The van der Waals surface area contributed by atoms with Crippen molar-refractivity contribution in [3.05, 3.63) is 53.0 Å². The summed E-state index contributed by atoms with van der Waals surface area (Å²) >= 11 is 0. The Morgan fingerprint density at radius 3 is 2.57 bits per heavy atom. The topological polar surface area (TPSA) is 66.9 Å². The number of carbonyl (C=O) groups excluding carboxylic acids is 1. The molecule has 1 aromatic carbocycles. The van der Waals surface area contributed by atoms with E-state index < -0.39 is 0 Å². The molecule has 0 fully saturated rings. The molecule has 0 saturated carbocycles. The fraction of sp³-hybridized carbons (Fsp3) is 0.389. The minimum Gasteiger partial charge on any atom is -0.366 e. The first-order valence-electron chi connectivity index (χ1n) is 8.02. The van der Waals surface area contributed by atoms with Crippen molar-refractivity contribution in [1.29, 1.82) is 0 Å². The van der Waals surface area contributed by atoms with Crippen LogP contribution in [0.5, 0.6) is 0 Å². The van der Waals surface area contributed by atoms with Crippen LogP contribution in [0.4, 0.5) is 5.82 Å². The van der Waals surface area contributed by atoms with Gasteiger partial charge in [0.15, 0.2) is 0 Å². The van der Waals surface area contributed by atoms with Gasteiger partial charge in [-0.1, -0.05) is 43.2 Å². The van der Waals surface area contributed by atoms with Gasteiger partial charge in [-0.2, -0.15) is 0 Å². The van der Waals surface area contributed by atoms with E-state index in [1.54, 1.807) is 13.0 Å². The third-order valence-corrected chi connectivity index (χ3v) is 3.48. The second-order valence-electron chi connectivity index (χ2n) is 5.63. The molecule has 0 saturated heterocycles. The first-order chi connectivity index (χ1) is 11.1. The molecule has 2 aromatic rings. The van der Waals surface area contributed by atoms with Crippen molar-refractivity contribution in [1.82, 2.24) is 15.3 Å². The maximum Gasteiger partial charge on any atom is 0.270 e. The van der Waals surface area contributed by atoms with E-state index in [-0.39, 0.29) is 5.91 Å². The Hall–Kier alpha value is -2.43. The molecule has 0 aliphatic heterocycles. The molecule has 2 rings (SSSR count). The highest BCUT2D eigenvalue weighted by Gasteiger charge is 2.09. The van der Waals surface area contributed by atoms with Gasteiger partial charge >= 0.3 is 0 Å². The van der Waals surface area contributed by atoms with E-state index in [2.05, 4.69) is 58.7 Å². The number of anilines is 1. The van der Waals surface area contributed by atoms with Gasteiger partial charge in [-0.3, -0.25) is 4.79 Å². The smallest absolute Gasteiger partial charge is 0.270 e. The molecule has 23 heavy (non-hydrogen) atoms. The zero-order valence-electron chi connectivity index (χ0n) is 14.0. The molecule has 0 aliphatic carbocycles. The lowest BCUT2D eigenvalue weighted by Crippen LogP contribution is -2.25. The van der Waals surface area contributed by atoms with Gasteiger partial charge in [-0.15, -0.1) is 0 Å². The summed E-state index contributed by atoms with van der Waals surface area (Å²) < 4.78 is 0. The van der Waals surface area contributed by atoms with Crippen LogP contribution in [-0.4, -0.2) is 22.4 Å². The summed E-state index contributed by atoms with van der Waals surface area (Å²) in [4.78, 5) is 20.7. The van der Waals surface area contributed by atoms with Crippen LogP contribution in [0.25, 0.3) is 0 Å². The highest BCUT2D eigenvalue weighted by atomic mass is 16.1. The van der Waals surface area contributed by atoms with E-state index in [0.29, 0.717) is 30.4 Å². The third-order valence-electron chi connectivity index (χ3n) is 3.48. The van der Waals surface area contributed by atoms with Crippen molar-refractivity contribution in [2.75, 3.05) is 11.9 Å². The number of hydrogen-bond donors (Lipinski definition) is 2.